The number of carbonyl (C=O) groups is 1. The number of hydrogen-bond donors (Lipinski definition) is 1. The van der Waals surface area contributed by atoms with E-state index in [1.54, 1.807) is 12.3 Å². The highest BCUT2D eigenvalue weighted by Crippen LogP contribution is 2.34. The molecule has 0 aliphatic carbocycles. The first-order valence-electron chi connectivity index (χ1n) is 4.99. The minimum Gasteiger partial charge on any atom is -0.331 e. The van der Waals surface area contributed by atoms with Crippen LogP contribution in [0, 0.1) is 0 Å². The van der Waals surface area contributed by atoms with Gasteiger partial charge in [-0.05, 0) is 26.3 Å². The summed E-state index contributed by atoms with van der Waals surface area (Å²) in [6.07, 6.45) is 2.59. The van der Waals surface area contributed by atoms with Crippen molar-refractivity contribution in [3.63, 3.8) is 0 Å². The van der Waals surface area contributed by atoms with Crippen LogP contribution in [0.2, 0.25) is 0 Å². The molecule has 1 unspecified atom stereocenters. The second-order valence-electron chi connectivity index (χ2n) is 4.34. The fourth-order valence-corrected chi connectivity index (χ4v) is 2.39. The summed E-state index contributed by atoms with van der Waals surface area (Å²) in [7, 11) is 0. The summed E-state index contributed by atoms with van der Waals surface area (Å²) >= 11 is 3.61. The summed E-state index contributed by atoms with van der Waals surface area (Å²) in [5.74, 6) is 0.0273. The maximum atomic E-state index is 12.1. The number of H-pyrrole nitrogens is 1. The summed E-state index contributed by atoms with van der Waals surface area (Å²) in [6.45, 7) is 4.95. The van der Waals surface area contributed by atoms with Crippen LogP contribution in [-0.2, 0) is 0 Å². The van der Waals surface area contributed by atoms with Gasteiger partial charge in [0.1, 0.15) is 5.69 Å². The molecular formula is C10H14BrN3O. The molecule has 1 aromatic rings. The van der Waals surface area contributed by atoms with Gasteiger partial charge in [0.05, 0.1) is 5.54 Å². The van der Waals surface area contributed by atoms with Crippen molar-refractivity contribution in [1.29, 1.82) is 0 Å². The molecule has 1 N–H and O–H groups in total. The first kappa shape index (κ1) is 10.7. The van der Waals surface area contributed by atoms with E-state index in [2.05, 4.69) is 40.0 Å². The molecule has 0 bridgehead atoms. The van der Waals surface area contributed by atoms with E-state index in [4.69, 9.17) is 0 Å². The number of halogens is 1. The molecule has 1 atom stereocenters. The van der Waals surface area contributed by atoms with Crippen molar-refractivity contribution in [1.82, 2.24) is 15.1 Å². The van der Waals surface area contributed by atoms with Crippen molar-refractivity contribution in [2.45, 2.75) is 30.6 Å². The zero-order chi connectivity index (χ0) is 11.1. The van der Waals surface area contributed by atoms with Gasteiger partial charge in [0.15, 0.2) is 0 Å². The predicted octanol–water partition coefficient (Wildman–Crippen LogP) is 1.80. The van der Waals surface area contributed by atoms with E-state index in [9.17, 15) is 4.79 Å². The molecule has 1 aliphatic heterocycles. The Morgan fingerprint density at radius 2 is 2.47 bits per heavy atom. The molecule has 0 saturated carbocycles. The second kappa shape index (κ2) is 3.63. The van der Waals surface area contributed by atoms with Gasteiger partial charge < -0.3 is 4.90 Å². The van der Waals surface area contributed by atoms with Gasteiger partial charge in [-0.2, -0.15) is 5.10 Å². The number of rotatable bonds is 1. The van der Waals surface area contributed by atoms with Crippen LogP contribution in [0.15, 0.2) is 12.3 Å². The SMILES string of the molecule is CC1(C)C(Br)CCN1C(=O)c1ccn[nH]1. The monoisotopic (exact) mass is 271 g/mol. The lowest BCUT2D eigenvalue weighted by Crippen LogP contribution is -2.46. The van der Waals surface area contributed by atoms with Gasteiger partial charge in [0.25, 0.3) is 5.91 Å². The molecule has 5 heteroatoms. The summed E-state index contributed by atoms with van der Waals surface area (Å²) in [5, 5.41) is 6.51. The number of nitrogens with zero attached hydrogens (tertiary/aromatic N) is 2. The third-order valence-corrected chi connectivity index (χ3v) is 4.62. The number of likely N-dealkylation sites (tertiary alicyclic amines) is 1. The fraction of sp³-hybridized carbons (Fsp3) is 0.600. The molecule has 4 nitrogen and oxygen atoms in total. The van der Waals surface area contributed by atoms with E-state index in [-0.39, 0.29) is 11.4 Å². The summed E-state index contributed by atoms with van der Waals surface area (Å²) < 4.78 is 0. The number of alkyl halides is 1. The number of aromatic amines is 1. The van der Waals surface area contributed by atoms with Gasteiger partial charge in [-0.15, -0.1) is 0 Å². The highest BCUT2D eigenvalue weighted by Gasteiger charge is 2.42. The van der Waals surface area contributed by atoms with Crippen LogP contribution >= 0.6 is 15.9 Å². The van der Waals surface area contributed by atoms with Gasteiger partial charge in [-0.25, -0.2) is 0 Å². The Morgan fingerprint density at radius 1 is 1.73 bits per heavy atom. The highest BCUT2D eigenvalue weighted by molar-refractivity contribution is 9.09. The number of aromatic nitrogens is 2. The quantitative estimate of drug-likeness (QED) is 0.792. The largest absolute Gasteiger partial charge is 0.331 e. The Morgan fingerprint density at radius 3 is 2.93 bits per heavy atom. The van der Waals surface area contributed by atoms with Crippen molar-refractivity contribution in [2.75, 3.05) is 6.54 Å². The van der Waals surface area contributed by atoms with E-state index in [0.29, 0.717) is 10.5 Å². The molecular weight excluding hydrogens is 258 g/mol. The Hall–Kier alpha value is -0.840. The number of carbonyl (C=O) groups excluding carboxylic acids is 1. The zero-order valence-electron chi connectivity index (χ0n) is 8.83. The number of amides is 1. The van der Waals surface area contributed by atoms with Crippen LogP contribution in [-0.4, -0.2) is 37.9 Å². The topological polar surface area (TPSA) is 49.0 Å². The lowest BCUT2D eigenvalue weighted by molar-refractivity contribution is 0.0651. The predicted molar refractivity (Wildman–Crippen MR) is 61.0 cm³/mol. The molecule has 1 aliphatic rings. The second-order valence-corrected chi connectivity index (χ2v) is 5.44. The Bertz CT molecular complexity index is 361. The molecule has 0 spiro atoms. The summed E-state index contributed by atoms with van der Waals surface area (Å²) in [6, 6.07) is 1.71. The molecule has 15 heavy (non-hydrogen) atoms. The van der Waals surface area contributed by atoms with E-state index in [0.717, 1.165) is 13.0 Å². The molecule has 2 rings (SSSR count). The first-order chi connectivity index (χ1) is 7.03. The minimum absolute atomic E-state index is 0.0273. The van der Waals surface area contributed by atoms with Gasteiger partial charge in [-0.3, -0.25) is 9.89 Å². The first-order valence-corrected chi connectivity index (χ1v) is 5.90. The third-order valence-electron chi connectivity index (χ3n) is 3.04. The van der Waals surface area contributed by atoms with E-state index < -0.39 is 0 Å². The van der Waals surface area contributed by atoms with E-state index in [1.807, 2.05) is 4.90 Å². The van der Waals surface area contributed by atoms with Crippen LogP contribution < -0.4 is 0 Å². The fourth-order valence-electron chi connectivity index (χ4n) is 1.94. The smallest absolute Gasteiger partial charge is 0.272 e. The molecule has 1 saturated heterocycles. The van der Waals surface area contributed by atoms with Crippen molar-refractivity contribution in [3.8, 4) is 0 Å². The average Bonchev–Trinajstić information content (AvgIpc) is 2.76. The van der Waals surface area contributed by atoms with Crippen molar-refractivity contribution in [2.24, 2.45) is 0 Å². The molecule has 0 radical (unpaired) electrons. The van der Waals surface area contributed by atoms with E-state index >= 15 is 0 Å². The lowest BCUT2D eigenvalue weighted by Gasteiger charge is -2.33. The lowest BCUT2D eigenvalue weighted by atomic mass is 10.0. The Balaban J connectivity index is 2.22. The van der Waals surface area contributed by atoms with Crippen molar-refractivity contribution >= 4 is 21.8 Å². The minimum atomic E-state index is -0.137. The van der Waals surface area contributed by atoms with E-state index in [1.165, 1.54) is 0 Å². The van der Waals surface area contributed by atoms with Gasteiger partial charge in [-0.1, -0.05) is 15.9 Å². The standard InChI is InChI=1S/C10H14BrN3O/c1-10(2)8(11)4-6-14(10)9(15)7-3-5-12-13-7/h3,5,8H,4,6H2,1-2H3,(H,12,13). The van der Waals surface area contributed by atoms with Crippen LogP contribution in [0.5, 0.6) is 0 Å². The van der Waals surface area contributed by atoms with Crippen LogP contribution in [0.4, 0.5) is 0 Å². The van der Waals surface area contributed by atoms with Crippen molar-refractivity contribution < 1.29 is 4.79 Å². The molecule has 1 fully saturated rings. The van der Waals surface area contributed by atoms with Crippen molar-refractivity contribution in [3.05, 3.63) is 18.0 Å². The van der Waals surface area contributed by atoms with Gasteiger partial charge in [0, 0.05) is 17.6 Å². The third kappa shape index (κ3) is 1.69. The van der Waals surface area contributed by atoms with Gasteiger partial charge >= 0.3 is 0 Å². The van der Waals surface area contributed by atoms with Gasteiger partial charge in [0.2, 0.25) is 0 Å². The van der Waals surface area contributed by atoms with Crippen LogP contribution in [0.25, 0.3) is 0 Å². The Labute approximate surface area is 97.2 Å². The zero-order valence-corrected chi connectivity index (χ0v) is 10.4. The summed E-state index contributed by atoms with van der Waals surface area (Å²) in [5.41, 5.74) is 0.423. The average molecular weight is 272 g/mol. The molecule has 2 heterocycles. The maximum Gasteiger partial charge on any atom is 0.272 e. The summed E-state index contributed by atoms with van der Waals surface area (Å²) in [4.78, 5) is 14.4. The molecule has 1 amide bonds. The maximum absolute atomic E-state index is 12.1. The number of hydrogen-bond acceptors (Lipinski definition) is 2. The Kier molecular flexibility index (Phi) is 2.58. The molecule has 1 aromatic heterocycles. The van der Waals surface area contributed by atoms with Crippen LogP contribution in [0.3, 0.4) is 0 Å². The highest BCUT2D eigenvalue weighted by atomic mass is 79.9. The molecule has 0 aromatic carbocycles. The van der Waals surface area contributed by atoms with Crippen LogP contribution in [0.1, 0.15) is 30.8 Å². The normalized spacial score (nSPS) is 24.5. The number of nitrogens with one attached hydrogen (secondary N) is 1. The molecule has 82 valence electrons.